The summed E-state index contributed by atoms with van der Waals surface area (Å²) in [5.41, 5.74) is 1.02. The molecule has 5 nitrogen and oxygen atoms in total. The molecular formula is C25H33FN2O3. The van der Waals surface area contributed by atoms with Gasteiger partial charge in [0.25, 0.3) is 0 Å². The number of carbonyl (C=O) groups excluding carboxylic acids is 1. The molecule has 5 aliphatic rings. The lowest BCUT2D eigenvalue weighted by Gasteiger charge is -2.51. The van der Waals surface area contributed by atoms with Crippen LogP contribution in [0.5, 0.6) is 0 Å². The molecule has 2 saturated carbocycles. The van der Waals surface area contributed by atoms with Crippen molar-refractivity contribution in [2.45, 2.75) is 50.7 Å². The molecule has 0 radical (unpaired) electrons. The molecule has 1 spiro atoms. The zero-order valence-electron chi connectivity index (χ0n) is 18.4. The van der Waals surface area contributed by atoms with E-state index in [1.165, 1.54) is 25.3 Å². The molecule has 1 aromatic rings. The minimum Gasteiger partial charge on any atom is -0.462 e. The van der Waals surface area contributed by atoms with Crippen molar-refractivity contribution in [1.29, 1.82) is 0 Å². The number of fused-ring (bicyclic) bond motifs is 3. The maximum absolute atomic E-state index is 14.1. The van der Waals surface area contributed by atoms with Gasteiger partial charge in [0.15, 0.2) is 0 Å². The molecule has 6 heteroatoms. The van der Waals surface area contributed by atoms with Crippen LogP contribution in [0, 0.1) is 29.0 Å². The number of ether oxygens (including phenoxy) is 2. The standard InChI is InChI=1S/C25H33FN2O3/c1-24-7-4-8-25(16-30-25)22(24)13-17-18(23(29)31-21(17)14-24)15-27-9-11-28(12-10-27)20-6-3-2-5-19(20)26/h2-3,5-6,17-18,21-22H,4,7-16H2,1H3/t17-,18+,21-,22+,24-,25+/m1/s1. The Bertz CT molecular complexity index is 866. The minimum atomic E-state index is -0.160. The number of carbonyl (C=O) groups is 1. The van der Waals surface area contributed by atoms with E-state index in [0.29, 0.717) is 17.5 Å². The van der Waals surface area contributed by atoms with Crippen LogP contribution in [0.1, 0.15) is 39.0 Å². The lowest BCUT2D eigenvalue weighted by Crippen LogP contribution is -2.52. The highest BCUT2D eigenvalue weighted by atomic mass is 19.1. The van der Waals surface area contributed by atoms with Gasteiger partial charge >= 0.3 is 5.97 Å². The summed E-state index contributed by atoms with van der Waals surface area (Å²) in [4.78, 5) is 17.4. The second kappa shape index (κ2) is 7.17. The van der Waals surface area contributed by atoms with Crippen LogP contribution in [0.15, 0.2) is 24.3 Å². The van der Waals surface area contributed by atoms with Gasteiger partial charge in [0, 0.05) is 38.6 Å². The summed E-state index contributed by atoms with van der Waals surface area (Å²) in [7, 11) is 0. The van der Waals surface area contributed by atoms with Crippen molar-refractivity contribution in [3.63, 3.8) is 0 Å². The highest BCUT2D eigenvalue weighted by Gasteiger charge is 2.65. The van der Waals surface area contributed by atoms with Gasteiger partial charge in [0.2, 0.25) is 0 Å². The molecule has 3 aliphatic heterocycles. The van der Waals surface area contributed by atoms with Crippen molar-refractivity contribution >= 4 is 11.7 Å². The normalized spacial score (nSPS) is 42.3. The summed E-state index contributed by atoms with van der Waals surface area (Å²) in [5.74, 6) is 0.679. The van der Waals surface area contributed by atoms with E-state index in [0.717, 1.165) is 52.2 Å². The summed E-state index contributed by atoms with van der Waals surface area (Å²) in [5, 5.41) is 0. The Morgan fingerprint density at radius 3 is 2.68 bits per heavy atom. The number of para-hydroxylation sites is 1. The van der Waals surface area contributed by atoms with Gasteiger partial charge < -0.3 is 14.4 Å². The van der Waals surface area contributed by atoms with Crippen LogP contribution < -0.4 is 4.90 Å². The first kappa shape index (κ1) is 20.0. The molecule has 6 atom stereocenters. The number of hydrogen-bond acceptors (Lipinski definition) is 5. The van der Waals surface area contributed by atoms with Crippen LogP contribution in [0.2, 0.25) is 0 Å². The molecule has 3 saturated heterocycles. The van der Waals surface area contributed by atoms with Crippen molar-refractivity contribution < 1.29 is 18.7 Å². The van der Waals surface area contributed by atoms with E-state index in [4.69, 9.17) is 9.47 Å². The van der Waals surface area contributed by atoms with Crippen LogP contribution in [0.3, 0.4) is 0 Å². The van der Waals surface area contributed by atoms with Crippen LogP contribution in [0.4, 0.5) is 10.1 Å². The molecule has 0 aromatic heterocycles. The largest absolute Gasteiger partial charge is 0.462 e. The van der Waals surface area contributed by atoms with Gasteiger partial charge in [0.05, 0.1) is 23.8 Å². The first-order valence-corrected chi connectivity index (χ1v) is 12.0. The molecule has 0 N–H and O–H groups in total. The molecule has 2 aliphatic carbocycles. The zero-order valence-corrected chi connectivity index (χ0v) is 18.4. The Morgan fingerprint density at radius 2 is 1.94 bits per heavy atom. The second-order valence-electron chi connectivity index (χ2n) is 10.8. The van der Waals surface area contributed by atoms with E-state index in [9.17, 15) is 9.18 Å². The predicted octanol–water partition coefficient (Wildman–Crippen LogP) is 3.47. The minimum absolute atomic E-state index is 0.000421. The average molecular weight is 429 g/mol. The topological polar surface area (TPSA) is 45.3 Å². The third-order valence-electron chi connectivity index (χ3n) is 9.10. The average Bonchev–Trinajstić information content (AvgIpc) is 3.46. The molecule has 0 bridgehead atoms. The maximum atomic E-state index is 14.1. The first-order chi connectivity index (χ1) is 15.0. The lowest BCUT2D eigenvalue weighted by molar-refractivity contribution is -0.147. The molecule has 0 unspecified atom stereocenters. The SMILES string of the molecule is C[C@]12CCC[C@]3(CO3)[C@H]1C[C@@H]1[C@H](CN3CCN(c4ccccc4F)CC3)C(=O)O[C@@H]1C2. The maximum Gasteiger partial charge on any atom is 0.310 e. The smallest absolute Gasteiger partial charge is 0.310 e. The van der Waals surface area contributed by atoms with E-state index in [2.05, 4.69) is 16.7 Å². The lowest BCUT2D eigenvalue weighted by atomic mass is 9.53. The molecule has 1 aromatic carbocycles. The van der Waals surface area contributed by atoms with Crippen LogP contribution >= 0.6 is 0 Å². The van der Waals surface area contributed by atoms with Gasteiger partial charge in [-0.25, -0.2) is 4.39 Å². The van der Waals surface area contributed by atoms with Crippen LogP contribution in [-0.2, 0) is 14.3 Å². The number of esters is 1. The van der Waals surface area contributed by atoms with E-state index in [-0.39, 0.29) is 34.8 Å². The highest BCUT2D eigenvalue weighted by Crippen LogP contribution is 2.62. The van der Waals surface area contributed by atoms with E-state index >= 15 is 0 Å². The third kappa shape index (κ3) is 3.29. The third-order valence-corrected chi connectivity index (χ3v) is 9.10. The number of epoxide rings is 1. The molecular weight excluding hydrogens is 395 g/mol. The Kier molecular flexibility index (Phi) is 4.62. The van der Waals surface area contributed by atoms with Crippen molar-refractivity contribution in [3.05, 3.63) is 30.1 Å². The summed E-state index contributed by atoms with van der Waals surface area (Å²) in [6.07, 6.45) is 5.78. The summed E-state index contributed by atoms with van der Waals surface area (Å²) in [6.45, 7) is 7.35. The Morgan fingerprint density at radius 1 is 1.16 bits per heavy atom. The molecule has 31 heavy (non-hydrogen) atoms. The van der Waals surface area contributed by atoms with Gasteiger partial charge in [-0.05, 0) is 55.6 Å². The number of rotatable bonds is 3. The number of piperazine rings is 1. The number of hydrogen-bond donors (Lipinski definition) is 0. The van der Waals surface area contributed by atoms with Crippen molar-refractivity contribution in [3.8, 4) is 0 Å². The second-order valence-corrected chi connectivity index (χ2v) is 10.8. The number of benzene rings is 1. The van der Waals surface area contributed by atoms with Gasteiger partial charge in [-0.2, -0.15) is 0 Å². The summed E-state index contributed by atoms with van der Waals surface area (Å²) in [6, 6.07) is 6.99. The first-order valence-electron chi connectivity index (χ1n) is 12.0. The van der Waals surface area contributed by atoms with Crippen LogP contribution in [-0.4, -0.2) is 61.9 Å². The number of halogens is 1. The Hall–Kier alpha value is -1.66. The predicted molar refractivity (Wildman–Crippen MR) is 115 cm³/mol. The fraction of sp³-hybridized carbons (Fsp3) is 0.720. The number of nitrogens with zero attached hydrogens (tertiary/aromatic N) is 2. The molecule has 168 valence electrons. The fourth-order valence-corrected chi connectivity index (χ4v) is 7.32. The summed E-state index contributed by atoms with van der Waals surface area (Å²) < 4.78 is 26.1. The van der Waals surface area contributed by atoms with Gasteiger partial charge in [-0.3, -0.25) is 9.69 Å². The van der Waals surface area contributed by atoms with Gasteiger partial charge in [-0.15, -0.1) is 0 Å². The van der Waals surface area contributed by atoms with Gasteiger partial charge in [0.1, 0.15) is 11.9 Å². The fourth-order valence-electron chi connectivity index (χ4n) is 7.32. The zero-order chi connectivity index (χ0) is 21.2. The van der Waals surface area contributed by atoms with Crippen molar-refractivity contribution in [2.75, 3.05) is 44.2 Å². The summed E-state index contributed by atoms with van der Waals surface area (Å²) >= 11 is 0. The Labute approximate surface area is 183 Å². The molecule has 6 rings (SSSR count). The monoisotopic (exact) mass is 428 g/mol. The van der Waals surface area contributed by atoms with E-state index in [1.807, 2.05) is 12.1 Å². The van der Waals surface area contributed by atoms with Crippen LogP contribution in [0.25, 0.3) is 0 Å². The molecule has 3 heterocycles. The quantitative estimate of drug-likeness (QED) is 0.545. The Balaban J connectivity index is 1.12. The molecule has 0 amide bonds. The van der Waals surface area contributed by atoms with Crippen molar-refractivity contribution in [1.82, 2.24) is 4.90 Å². The highest BCUT2D eigenvalue weighted by molar-refractivity contribution is 5.75. The van der Waals surface area contributed by atoms with E-state index < -0.39 is 0 Å². The molecule has 5 fully saturated rings. The van der Waals surface area contributed by atoms with E-state index in [1.54, 1.807) is 6.07 Å². The number of anilines is 1. The van der Waals surface area contributed by atoms with Crippen molar-refractivity contribution in [2.24, 2.45) is 23.2 Å². The van der Waals surface area contributed by atoms with Gasteiger partial charge in [-0.1, -0.05) is 19.1 Å².